The third-order valence-corrected chi connectivity index (χ3v) is 2.99. The van der Waals surface area contributed by atoms with Crippen molar-refractivity contribution in [3.63, 3.8) is 0 Å². The van der Waals surface area contributed by atoms with Crippen LogP contribution < -0.4 is 0 Å². The molecule has 0 saturated carbocycles. The molecule has 1 heterocycles. The normalized spacial score (nSPS) is 11.7. The lowest BCUT2D eigenvalue weighted by molar-refractivity contribution is 0.948. The van der Waals surface area contributed by atoms with E-state index in [0.29, 0.717) is 0 Å². The van der Waals surface area contributed by atoms with E-state index in [0.717, 1.165) is 0 Å². The molecule has 0 radical (unpaired) electrons. The Bertz CT molecular complexity index is 530. The van der Waals surface area contributed by atoms with Crippen molar-refractivity contribution < 1.29 is 0 Å². The number of benzene rings is 1. The van der Waals surface area contributed by atoms with Gasteiger partial charge in [-0.05, 0) is 44.5 Å². The second kappa shape index (κ2) is 3.58. The summed E-state index contributed by atoms with van der Waals surface area (Å²) in [6.45, 7) is 6.39. The fourth-order valence-electron chi connectivity index (χ4n) is 2.16. The number of aromatic nitrogens is 1. The Morgan fingerprint density at radius 3 is 2.60 bits per heavy atom. The van der Waals surface area contributed by atoms with Crippen LogP contribution in [0, 0.1) is 13.8 Å². The zero-order valence-corrected chi connectivity index (χ0v) is 9.83. The van der Waals surface area contributed by atoms with Crippen molar-refractivity contribution in [3.8, 4) is 0 Å². The number of rotatable bonds is 1. The highest BCUT2D eigenvalue weighted by molar-refractivity contribution is 5.88. The minimum atomic E-state index is 1.30. The van der Waals surface area contributed by atoms with Crippen LogP contribution in [0.5, 0.6) is 0 Å². The third-order valence-electron chi connectivity index (χ3n) is 2.99. The number of allylic oxidation sites excluding steroid dienone is 1. The van der Waals surface area contributed by atoms with Crippen LogP contribution in [0.25, 0.3) is 17.0 Å². The van der Waals surface area contributed by atoms with E-state index in [-0.39, 0.29) is 0 Å². The second-order valence-electron chi connectivity index (χ2n) is 4.09. The van der Waals surface area contributed by atoms with Crippen LogP contribution in [0.4, 0.5) is 0 Å². The van der Waals surface area contributed by atoms with Crippen LogP contribution in [-0.4, -0.2) is 4.57 Å². The van der Waals surface area contributed by atoms with Gasteiger partial charge in [-0.25, -0.2) is 0 Å². The first-order chi connectivity index (χ1) is 7.15. The van der Waals surface area contributed by atoms with Crippen molar-refractivity contribution in [1.82, 2.24) is 4.57 Å². The van der Waals surface area contributed by atoms with Gasteiger partial charge in [-0.3, -0.25) is 0 Å². The first-order valence-electron chi connectivity index (χ1n) is 5.33. The summed E-state index contributed by atoms with van der Waals surface area (Å²) in [7, 11) is 2.12. The summed E-state index contributed by atoms with van der Waals surface area (Å²) in [6.07, 6.45) is 4.26. The first kappa shape index (κ1) is 10.0. The van der Waals surface area contributed by atoms with E-state index >= 15 is 0 Å². The summed E-state index contributed by atoms with van der Waals surface area (Å²) in [5.41, 5.74) is 5.31. The van der Waals surface area contributed by atoms with Gasteiger partial charge in [-0.1, -0.05) is 17.7 Å². The quantitative estimate of drug-likeness (QED) is 0.658. The highest BCUT2D eigenvalue weighted by Gasteiger charge is 2.08. The molecule has 1 aromatic carbocycles. The van der Waals surface area contributed by atoms with Gasteiger partial charge >= 0.3 is 0 Å². The molecule has 0 N–H and O–H groups in total. The molecule has 15 heavy (non-hydrogen) atoms. The summed E-state index contributed by atoms with van der Waals surface area (Å²) in [4.78, 5) is 0. The van der Waals surface area contributed by atoms with Gasteiger partial charge in [0.15, 0.2) is 0 Å². The minimum absolute atomic E-state index is 1.30. The van der Waals surface area contributed by atoms with E-state index in [1.165, 1.54) is 27.7 Å². The molecule has 0 aliphatic carbocycles. The van der Waals surface area contributed by atoms with Gasteiger partial charge in [0, 0.05) is 23.6 Å². The average Bonchev–Trinajstić information content (AvgIpc) is 2.44. The maximum atomic E-state index is 2.26. The number of hydrogen-bond donors (Lipinski definition) is 0. The molecule has 0 unspecified atom stereocenters. The standard InChI is InChI=1S/C14H17N/c1-5-6-13-11(3)12-9-10(2)7-8-14(12)15(13)4/h5-9H,1-4H3/b6-5-. The molecule has 0 aliphatic heterocycles. The van der Waals surface area contributed by atoms with Crippen LogP contribution in [-0.2, 0) is 7.05 Å². The molecule has 1 heteroatoms. The summed E-state index contributed by atoms with van der Waals surface area (Å²) < 4.78 is 2.25. The molecule has 0 amide bonds. The molecule has 1 nitrogen and oxygen atoms in total. The molecular weight excluding hydrogens is 182 g/mol. The Morgan fingerprint density at radius 2 is 1.93 bits per heavy atom. The maximum Gasteiger partial charge on any atom is 0.0485 e. The van der Waals surface area contributed by atoms with Crippen molar-refractivity contribution in [3.05, 3.63) is 41.1 Å². The molecule has 0 bridgehead atoms. The molecule has 2 rings (SSSR count). The predicted molar refractivity (Wildman–Crippen MR) is 67.1 cm³/mol. The van der Waals surface area contributed by atoms with E-state index in [1.54, 1.807) is 0 Å². The van der Waals surface area contributed by atoms with Crippen molar-refractivity contribution in [1.29, 1.82) is 0 Å². The third kappa shape index (κ3) is 1.48. The van der Waals surface area contributed by atoms with Gasteiger partial charge in [0.25, 0.3) is 0 Å². The number of hydrogen-bond acceptors (Lipinski definition) is 0. The van der Waals surface area contributed by atoms with E-state index in [4.69, 9.17) is 0 Å². The highest BCUT2D eigenvalue weighted by atomic mass is 14.9. The lowest BCUT2D eigenvalue weighted by Gasteiger charge is -1.99. The van der Waals surface area contributed by atoms with Gasteiger partial charge < -0.3 is 4.57 Å². The van der Waals surface area contributed by atoms with Crippen LogP contribution in [0.2, 0.25) is 0 Å². The molecule has 1 aromatic heterocycles. The van der Waals surface area contributed by atoms with Crippen LogP contribution in [0.1, 0.15) is 23.7 Å². The summed E-state index contributed by atoms with van der Waals surface area (Å²) in [6, 6.07) is 6.63. The SMILES string of the molecule is C/C=C\c1c(C)c2cc(C)ccc2n1C. The molecule has 0 spiro atoms. The van der Waals surface area contributed by atoms with Gasteiger partial charge in [0.2, 0.25) is 0 Å². The van der Waals surface area contributed by atoms with E-state index < -0.39 is 0 Å². The van der Waals surface area contributed by atoms with Gasteiger partial charge in [-0.15, -0.1) is 0 Å². The van der Waals surface area contributed by atoms with Crippen molar-refractivity contribution in [2.75, 3.05) is 0 Å². The molecule has 2 aromatic rings. The fourth-order valence-corrected chi connectivity index (χ4v) is 2.16. The lowest BCUT2D eigenvalue weighted by atomic mass is 10.1. The summed E-state index contributed by atoms with van der Waals surface area (Å²) in [5, 5.41) is 1.37. The molecule has 78 valence electrons. The highest BCUT2D eigenvalue weighted by Crippen LogP contribution is 2.26. The maximum absolute atomic E-state index is 2.26. The molecular formula is C14H17N. The van der Waals surface area contributed by atoms with Crippen LogP contribution in [0.15, 0.2) is 24.3 Å². The van der Waals surface area contributed by atoms with Gasteiger partial charge in [0.05, 0.1) is 0 Å². The van der Waals surface area contributed by atoms with Crippen molar-refractivity contribution in [2.24, 2.45) is 7.05 Å². The van der Waals surface area contributed by atoms with Crippen molar-refractivity contribution in [2.45, 2.75) is 20.8 Å². The smallest absolute Gasteiger partial charge is 0.0485 e. The fraction of sp³-hybridized carbons (Fsp3) is 0.286. The van der Waals surface area contributed by atoms with Crippen LogP contribution >= 0.6 is 0 Å². The summed E-state index contributed by atoms with van der Waals surface area (Å²) in [5.74, 6) is 0. The lowest BCUT2D eigenvalue weighted by Crippen LogP contribution is -1.90. The van der Waals surface area contributed by atoms with Gasteiger partial charge in [0.1, 0.15) is 0 Å². The Balaban J connectivity index is 2.85. The average molecular weight is 199 g/mol. The van der Waals surface area contributed by atoms with Crippen LogP contribution in [0.3, 0.4) is 0 Å². The predicted octanol–water partition coefficient (Wildman–Crippen LogP) is 3.83. The number of fused-ring (bicyclic) bond motifs is 1. The molecule has 0 atom stereocenters. The Kier molecular flexibility index (Phi) is 2.39. The Labute approximate surface area is 91.0 Å². The summed E-state index contributed by atoms with van der Waals surface area (Å²) >= 11 is 0. The molecule has 0 aliphatic rings. The van der Waals surface area contributed by atoms with E-state index in [1.807, 2.05) is 0 Å². The zero-order valence-electron chi connectivity index (χ0n) is 9.83. The van der Waals surface area contributed by atoms with E-state index in [2.05, 4.69) is 62.7 Å². The number of aryl methyl sites for hydroxylation is 3. The largest absolute Gasteiger partial charge is 0.344 e. The van der Waals surface area contributed by atoms with Crippen molar-refractivity contribution >= 4 is 17.0 Å². The number of nitrogens with zero attached hydrogens (tertiary/aromatic N) is 1. The second-order valence-corrected chi connectivity index (χ2v) is 4.09. The topological polar surface area (TPSA) is 4.93 Å². The molecule has 0 saturated heterocycles. The Hall–Kier alpha value is -1.50. The first-order valence-corrected chi connectivity index (χ1v) is 5.33. The van der Waals surface area contributed by atoms with Gasteiger partial charge in [-0.2, -0.15) is 0 Å². The monoisotopic (exact) mass is 199 g/mol. The zero-order chi connectivity index (χ0) is 11.0. The minimum Gasteiger partial charge on any atom is -0.344 e. The van der Waals surface area contributed by atoms with E-state index in [9.17, 15) is 0 Å². The molecule has 0 fully saturated rings. The Morgan fingerprint density at radius 1 is 1.20 bits per heavy atom.